The molecular formula is C18H24N4O2. The third-order valence-electron chi connectivity index (χ3n) is 4.37. The third kappa shape index (κ3) is 4.13. The first-order valence-electron chi connectivity index (χ1n) is 8.53. The Morgan fingerprint density at radius 3 is 3.04 bits per heavy atom. The summed E-state index contributed by atoms with van der Waals surface area (Å²) in [5.41, 5.74) is 0.938. The number of likely N-dealkylation sites (tertiary alicyclic amines) is 1. The van der Waals surface area contributed by atoms with Crippen molar-refractivity contribution in [2.24, 2.45) is 13.0 Å². The zero-order valence-corrected chi connectivity index (χ0v) is 14.3. The number of rotatable bonds is 5. The lowest BCUT2D eigenvalue weighted by Gasteiger charge is -2.31. The van der Waals surface area contributed by atoms with E-state index in [9.17, 15) is 4.79 Å². The van der Waals surface area contributed by atoms with Crippen molar-refractivity contribution in [3.63, 3.8) is 0 Å². The summed E-state index contributed by atoms with van der Waals surface area (Å²) in [6.45, 7) is 3.63. The Morgan fingerprint density at radius 1 is 1.46 bits per heavy atom. The number of carbonyl (C=O) groups excluding carboxylic acids is 1. The summed E-state index contributed by atoms with van der Waals surface area (Å²) in [7, 11) is 1.86. The van der Waals surface area contributed by atoms with Crippen LogP contribution in [0.15, 0.2) is 29.1 Å². The van der Waals surface area contributed by atoms with E-state index in [1.165, 1.54) is 0 Å². The minimum atomic E-state index is 0.0652. The van der Waals surface area contributed by atoms with Crippen LogP contribution in [-0.2, 0) is 24.7 Å². The van der Waals surface area contributed by atoms with Gasteiger partial charge < -0.3 is 9.32 Å². The van der Waals surface area contributed by atoms with E-state index in [4.69, 9.17) is 4.42 Å². The molecule has 2 aromatic heterocycles. The normalized spacial score (nSPS) is 18.4. The van der Waals surface area contributed by atoms with E-state index in [0.717, 1.165) is 56.0 Å². The van der Waals surface area contributed by atoms with Crippen LogP contribution in [-0.4, -0.2) is 38.7 Å². The summed E-state index contributed by atoms with van der Waals surface area (Å²) >= 11 is 0. The lowest BCUT2D eigenvalue weighted by atomic mass is 9.94. The van der Waals surface area contributed by atoms with Crippen LogP contribution in [0.4, 0.5) is 0 Å². The molecule has 128 valence electrons. The minimum Gasteiger partial charge on any atom is -0.446 e. The first-order chi connectivity index (χ1) is 11.6. The lowest BCUT2D eigenvalue weighted by Crippen LogP contribution is -2.39. The van der Waals surface area contributed by atoms with E-state index in [2.05, 4.69) is 10.1 Å². The van der Waals surface area contributed by atoms with Gasteiger partial charge in [0.15, 0.2) is 5.89 Å². The SMILES string of the molecule is CCc1ncc(C[C@@H]2CCCN(C(=O)/C=C/c3cnn(C)c3)C2)o1. The van der Waals surface area contributed by atoms with Crippen molar-refractivity contribution in [3.05, 3.63) is 41.9 Å². The van der Waals surface area contributed by atoms with Crippen LogP contribution >= 0.6 is 0 Å². The lowest BCUT2D eigenvalue weighted by molar-refractivity contribution is -0.127. The molecular weight excluding hydrogens is 304 g/mol. The van der Waals surface area contributed by atoms with E-state index in [0.29, 0.717) is 5.92 Å². The standard InChI is InChI=1S/C18H24N4O2/c1-3-17-19-11-16(24-17)9-14-5-4-8-22(13-14)18(23)7-6-15-10-20-21(2)12-15/h6-7,10-12,14H,3-5,8-9,13H2,1-2H3/b7-6+/t14-/m0/s1. The molecule has 0 N–H and O–H groups in total. The second-order valence-electron chi connectivity index (χ2n) is 6.35. The van der Waals surface area contributed by atoms with E-state index < -0.39 is 0 Å². The zero-order chi connectivity index (χ0) is 16.9. The van der Waals surface area contributed by atoms with Gasteiger partial charge in [-0.2, -0.15) is 5.10 Å². The minimum absolute atomic E-state index is 0.0652. The van der Waals surface area contributed by atoms with Gasteiger partial charge in [0.05, 0.1) is 12.4 Å². The van der Waals surface area contributed by atoms with Crippen LogP contribution in [0, 0.1) is 5.92 Å². The summed E-state index contributed by atoms with van der Waals surface area (Å²) in [6, 6.07) is 0. The second-order valence-corrected chi connectivity index (χ2v) is 6.35. The van der Waals surface area contributed by atoms with Gasteiger partial charge in [-0.15, -0.1) is 0 Å². The van der Waals surface area contributed by atoms with Crippen molar-refractivity contribution in [2.75, 3.05) is 13.1 Å². The number of amides is 1. The fourth-order valence-corrected chi connectivity index (χ4v) is 3.12. The number of nitrogens with zero attached hydrogens (tertiary/aromatic N) is 4. The summed E-state index contributed by atoms with van der Waals surface area (Å²) in [5.74, 6) is 2.22. The predicted octanol–water partition coefficient (Wildman–Crippen LogP) is 2.47. The maximum Gasteiger partial charge on any atom is 0.246 e. The Balaban J connectivity index is 1.56. The van der Waals surface area contributed by atoms with Gasteiger partial charge in [0.2, 0.25) is 5.91 Å². The first kappa shape index (κ1) is 16.5. The molecule has 0 radical (unpaired) electrons. The molecule has 0 aromatic carbocycles. The molecule has 24 heavy (non-hydrogen) atoms. The molecule has 1 aliphatic heterocycles. The van der Waals surface area contributed by atoms with Crippen LogP contribution < -0.4 is 0 Å². The quantitative estimate of drug-likeness (QED) is 0.791. The van der Waals surface area contributed by atoms with Crippen LogP contribution in [0.2, 0.25) is 0 Å². The summed E-state index contributed by atoms with van der Waals surface area (Å²) in [4.78, 5) is 18.6. The van der Waals surface area contributed by atoms with Crippen LogP contribution in [0.5, 0.6) is 0 Å². The number of carbonyl (C=O) groups is 1. The molecule has 2 aromatic rings. The molecule has 0 unspecified atom stereocenters. The van der Waals surface area contributed by atoms with Gasteiger partial charge in [0.25, 0.3) is 0 Å². The number of hydrogen-bond acceptors (Lipinski definition) is 4. The fourth-order valence-electron chi connectivity index (χ4n) is 3.12. The molecule has 1 amide bonds. The Hall–Kier alpha value is -2.37. The molecule has 1 fully saturated rings. The highest BCUT2D eigenvalue weighted by molar-refractivity contribution is 5.91. The molecule has 6 heteroatoms. The Labute approximate surface area is 142 Å². The molecule has 3 rings (SSSR count). The van der Waals surface area contributed by atoms with Crippen LogP contribution in [0.1, 0.15) is 37.0 Å². The van der Waals surface area contributed by atoms with Gasteiger partial charge in [0, 0.05) is 50.8 Å². The highest BCUT2D eigenvalue weighted by Crippen LogP contribution is 2.21. The maximum absolute atomic E-state index is 12.4. The van der Waals surface area contributed by atoms with Crippen molar-refractivity contribution in [2.45, 2.75) is 32.6 Å². The van der Waals surface area contributed by atoms with E-state index >= 15 is 0 Å². The van der Waals surface area contributed by atoms with Gasteiger partial charge >= 0.3 is 0 Å². The molecule has 0 spiro atoms. The number of aromatic nitrogens is 3. The number of aryl methyl sites for hydroxylation is 2. The van der Waals surface area contributed by atoms with E-state index in [1.54, 1.807) is 17.0 Å². The highest BCUT2D eigenvalue weighted by atomic mass is 16.4. The van der Waals surface area contributed by atoms with E-state index in [1.807, 2.05) is 37.3 Å². The molecule has 0 saturated carbocycles. The smallest absolute Gasteiger partial charge is 0.246 e. The Bertz CT molecular complexity index is 716. The largest absolute Gasteiger partial charge is 0.446 e. The molecule has 0 bridgehead atoms. The van der Waals surface area contributed by atoms with Crippen molar-refractivity contribution < 1.29 is 9.21 Å². The number of hydrogen-bond donors (Lipinski definition) is 0. The van der Waals surface area contributed by atoms with E-state index in [-0.39, 0.29) is 5.91 Å². The monoisotopic (exact) mass is 328 g/mol. The molecule has 1 saturated heterocycles. The summed E-state index contributed by atoms with van der Waals surface area (Å²) in [6.07, 6.45) is 12.7. The molecule has 6 nitrogen and oxygen atoms in total. The van der Waals surface area contributed by atoms with Crippen molar-refractivity contribution in [1.29, 1.82) is 0 Å². The summed E-state index contributed by atoms with van der Waals surface area (Å²) in [5, 5.41) is 4.10. The first-order valence-corrected chi connectivity index (χ1v) is 8.53. The zero-order valence-electron chi connectivity index (χ0n) is 14.3. The van der Waals surface area contributed by atoms with Crippen molar-refractivity contribution in [3.8, 4) is 0 Å². The van der Waals surface area contributed by atoms with Gasteiger partial charge in [-0.05, 0) is 24.8 Å². The average molecular weight is 328 g/mol. The van der Waals surface area contributed by atoms with Crippen molar-refractivity contribution in [1.82, 2.24) is 19.7 Å². The topological polar surface area (TPSA) is 64.2 Å². The maximum atomic E-state index is 12.4. The summed E-state index contributed by atoms with van der Waals surface area (Å²) < 4.78 is 7.43. The van der Waals surface area contributed by atoms with Crippen molar-refractivity contribution >= 4 is 12.0 Å². The molecule has 1 atom stereocenters. The average Bonchev–Trinajstić information content (AvgIpc) is 3.21. The predicted molar refractivity (Wildman–Crippen MR) is 91.1 cm³/mol. The van der Waals surface area contributed by atoms with Crippen LogP contribution in [0.3, 0.4) is 0 Å². The van der Waals surface area contributed by atoms with Gasteiger partial charge in [-0.3, -0.25) is 9.48 Å². The highest BCUT2D eigenvalue weighted by Gasteiger charge is 2.23. The van der Waals surface area contributed by atoms with Gasteiger partial charge in [0.1, 0.15) is 5.76 Å². The molecule has 0 aliphatic carbocycles. The third-order valence-corrected chi connectivity index (χ3v) is 4.37. The molecule has 1 aliphatic rings. The number of oxazole rings is 1. The molecule has 3 heterocycles. The Kier molecular flexibility index (Phi) is 5.13. The Morgan fingerprint density at radius 2 is 2.33 bits per heavy atom. The van der Waals surface area contributed by atoms with Gasteiger partial charge in [-0.1, -0.05) is 6.92 Å². The fraction of sp³-hybridized carbons (Fsp3) is 0.500. The van der Waals surface area contributed by atoms with Crippen LogP contribution in [0.25, 0.3) is 6.08 Å². The second kappa shape index (κ2) is 7.47. The number of piperidine rings is 1. The van der Waals surface area contributed by atoms with Gasteiger partial charge in [-0.25, -0.2) is 4.98 Å².